The normalized spacial score (nSPS) is 19.2. The van der Waals surface area contributed by atoms with Gasteiger partial charge < -0.3 is 21.3 Å². The number of imidazole rings is 1. The van der Waals surface area contributed by atoms with Crippen LogP contribution in [-0.4, -0.2) is 68.7 Å². The summed E-state index contributed by atoms with van der Waals surface area (Å²) in [6, 6.07) is 7.88. The van der Waals surface area contributed by atoms with Crippen molar-refractivity contribution in [1.29, 1.82) is 10.5 Å². The first-order valence-corrected chi connectivity index (χ1v) is 13.4. The minimum atomic E-state index is -0.294. The second-order valence-electron chi connectivity index (χ2n) is 10.8. The number of amides is 1. The fraction of sp³-hybridized carbons (Fsp3) is 0.462. The molecule has 3 aromatic rings. The molecule has 2 aromatic heterocycles. The number of carbonyl (C=O) groups excluding carboxylic acids is 1. The number of primary amides is 1. The Morgan fingerprint density at radius 1 is 1.23 bits per heavy atom. The zero-order chi connectivity index (χ0) is 27.3. The first kappa shape index (κ1) is 25.2. The number of rotatable bonds is 7. The lowest BCUT2D eigenvalue weighted by Gasteiger charge is -2.55. The Labute approximate surface area is 230 Å². The molecule has 1 saturated carbocycles. The van der Waals surface area contributed by atoms with Crippen molar-refractivity contribution in [2.75, 3.05) is 41.7 Å². The number of carbonyl (C=O) groups is 1. The topological polar surface area (TPSA) is 164 Å². The van der Waals surface area contributed by atoms with Gasteiger partial charge in [0.25, 0.3) is 0 Å². The lowest BCUT2D eigenvalue weighted by atomic mass is 9.71. The van der Waals surface area contributed by atoms with Gasteiger partial charge in [0.15, 0.2) is 17.2 Å². The number of likely N-dealkylation sites (tertiary alicyclic amines) is 1. The van der Waals surface area contributed by atoms with Crippen LogP contribution in [0.25, 0.3) is 5.65 Å². The van der Waals surface area contributed by atoms with E-state index in [4.69, 9.17) is 17.3 Å². The van der Waals surface area contributed by atoms with Gasteiger partial charge >= 0.3 is 0 Å². The van der Waals surface area contributed by atoms with Crippen LogP contribution in [0.15, 0.2) is 18.3 Å². The van der Waals surface area contributed by atoms with E-state index in [-0.39, 0.29) is 29.0 Å². The molecule has 1 amide bonds. The van der Waals surface area contributed by atoms with Crippen molar-refractivity contribution in [3.8, 4) is 12.1 Å². The number of nitrogens with one attached hydrogen (secondary N) is 2. The van der Waals surface area contributed by atoms with Gasteiger partial charge in [-0.25, -0.2) is 4.98 Å². The smallest absolute Gasteiger partial charge is 0.247 e. The Morgan fingerprint density at radius 2 is 1.97 bits per heavy atom. The number of halogens is 1. The Kier molecular flexibility index (Phi) is 6.17. The monoisotopic (exact) mass is 545 g/mol. The second-order valence-corrected chi connectivity index (χ2v) is 11.1. The summed E-state index contributed by atoms with van der Waals surface area (Å²) in [5.41, 5.74) is 8.15. The SMILES string of the molecule is CC(C(N)=O)N1CC2(CCN(c3cc(C#N)cc(Nc4nc(NC5CC5)c5ncc(C#N)n5n4)c3Cl)CC2)C1. The fourth-order valence-corrected chi connectivity index (χ4v) is 5.73. The van der Waals surface area contributed by atoms with Gasteiger partial charge in [0.2, 0.25) is 11.9 Å². The zero-order valence-corrected chi connectivity index (χ0v) is 22.2. The van der Waals surface area contributed by atoms with E-state index < -0.39 is 0 Å². The molecule has 200 valence electrons. The van der Waals surface area contributed by atoms with Crippen LogP contribution in [0, 0.1) is 28.1 Å². The molecule has 1 aliphatic carbocycles. The van der Waals surface area contributed by atoms with Gasteiger partial charge in [0.05, 0.1) is 40.3 Å². The van der Waals surface area contributed by atoms with Crippen molar-refractivity contribution >= 4 is 46.3 Å². The fourth-order valence-electron chi connectivity index (χ4n) is 5.45. The predicted octanol–water partition coefficient (Wildman–Crippen LogP) is 2.61. The van der Waals surface area contributed by atoms with Gasteiger partial charge in [0, 0.05) is 32.2 Å². The van der Waals surface area contributed by atoms with Crippen LogP contribution >= 0.6 is 11.6 Å². The number of piperidine rings is 1. The number of fused-ring (bicyclic) bond motifs is 1. The summed E-state index contributed by atoms with van der Waals surface area (Å²) in [7, 11) is 0. The average molecular weight is 546 g/mol. The van der Waals surface area contributed by atoms with Crippen molar-refractivity contribution in [3.05, 3.63) is 34.6 Å². The van der Waals surface area contributed by atoms with Crippen LogP contribution in [0.5, 0.6) is 0 Å². The van der Waals surface area contributed by atoms with E-state index in [1.807, 2.05) is 13.0 Å². The molecular formula is C26H28ClN11O. The summed E-state index contributed by atoms with van der Waals surface area (Å²) < 4.78 is 1.45. The summed E-state index contributed by atoms with van der Waals surface area (Å²) in [6.45, 7) is 5.14. The molecule has 4 heterocycles. The van der Waals surface area contributed by atoms with Crippen LogP contribution in [0.3, 0.4) is 0 Å². The van der Waals surface area contributed by atoms with Gasteiger partial charge in [-0.05, 0) is 50.2 Å². The van der Waals surface area contributed by atoms with Crippen LogP contribution in [0.1, 0.15) is 43.9 Å². The maximum atomic E-state index is 11.5. The van der Waals surface area contributed by atoms with Gasteiger partial charge in [0.1, 0.15) is 6.07 Å². The van der Waals surface area contributed by atoms with E-state index in [0.717, 1.165) is 57.5 Å². The van der Waals surface area contributed by atoms with E-state index in [0.29, 0.717) is 33.8 Å². The molecule has 1 aromatic carbocycles. The van der Waals surface area contributed by atoms with Gasteiger partial charge in [-0.2, -0.15) is 20.0 Å². The molecule has 2 saturated heterocycles. The molecule has 1 unspecified atom stereocenters. The number of nitriles is 2. The molecule has 3 aliphatic rings. The summed E-state index contributed by atoms with van der Waals surface area (Å²) in [5, 5.41) is 30.7. The standard InChI is InChI=1S/C26H28ClN11O/c1-15(22(30)39)37-13-26(14-37)4-6-36(7-5-26)20-9-16(10-28)8-19(21(20)27)33-25-34-23(32-17-2-3-17)24-31-12-18(11-29)38(24)35-25/h8-9,12,15,17H,2-7,13-14H2,1H3,(H2,30,39)(H2,32,33,34,35). The molecule has 3 fully saturated rings. The minimum absolute atomic E-state index is 0.179. The van der Waals surface area contributed by atoms with Gasteiger partial charge in [-0.1, -0.05) is 11.6 Å². The molecule has 39 heavy (non-hydrogen) atoms. The molecule has 1 atom stereocenters. The summed E-state index contributed by atoms with van der Waals surface area (Å²) in [5.74, 6) is 0.475. The van der Waals surface area contributed by atoms with E-state index in [2.05, 4.69) is 47.6 Å². The molecule has 12 nitrogen and oxygen atoms in total. The van der Waals surface area contributed by atoms with Crippen LogP contribution in [0.4, 0.5) is 23.1 Å². The molecular weight excluding hydrogens is 518 g/mol. The number of hydrogen-bond acceptors (Lipinski definition) is 10. The lowest BCUT2D eigenvalue weighted by molar-refractivity contribution is -0.129. The average Bonchev–Trinajstić information content (AvgIpc) is 3.63. The third-order valence-corrected chi connectivity index (χ3v) is 8.42. The largest absolute Gasteiger partial charge is 0.370 e. The van der Waals surface area contributed by atoms with Gasteiger partial charge in [-0.3, -0.25) is 9.69 Å². The van der Waals surface area contributed by atoms with E-state index >= 15 is 0 Å². The van der Waals surface area contributed by atoms with Crippen LogP contribution in [0.2, 0.25) is 5.02 Å². The van der Waals surface area contributed by atoms with Crippen molar-refractivity contribution in [3.63, 3.8) is 0 Å². The highest BCUT2D eigenvalue weighted by molar-refractivity contribution is 6.36. The number of nitrogens with zero attached hydrogens (tertiary/aromatic N) is 8. The quantitative estimate of drug-likeness (QED) is 0.402. The van der Waals surface area contributed by atoms with Crippen LogP contribution < -0.4 is 21.3 Å². The Morgan fingerprint density at radius 3 is 2.62 bits per heavy atom. The molecule has 2 aliphatic heterocycles. The van der Waals surface area contributed by atoms with Crippen molar-refractivity contribution in [1.82, 2.24) is 24.5 Å². The minimum Gasteiger partial charge on any atom is -0.370 e. The third kappa shape index (κ3) is 4.67. The zero-order valence-electron chi connectivity index (χ0n) is 21.5. The van der Waals surface area contributed by atoms with Crippen molar-refractivity contribution < 1.29 is 4.79 Å². The number of anilines is 4. The molecule has 4 N–H and O–H groups in total. The maximum absolute atomic E-state index is 11.5. The van der Waals surface area contributed by atoms with E-state index in [1.54, 1.807) is 6.07 Å². The molecule has 13 heteroatoms. The van der Waals surface area contributed by atoms with Gasteiger partial charge in [-0.15, -0.1) is 5.10 Å². The summed E-state index contributed by atoms with van der Waals surface area (Å²) >= 11 is 6.91. The van der Waals surface area contributed by atoms with Crippen molar-refractivity contribution in [2.45, 2.75) is 44.7 Å². The van der Waals surface area contributed by atoms with Crippen molar-refractivity contribution in [2.24, 2.45) is 11.1 Å². The highest BCUT2D eigenvalue weighted by Crippen LogP contribution is 2.44. The third-order valence-electron chi connectivity index (χ3n) is 8.03. The van der Waals surface area contributed by atoms with E-state index in [1.165, 1.54) is 10.7 Å². The number of nitrogens with two attached hydrogens (primary N) is 1. The number of benzene rings is 1. The van der Waals surface area contributed by atoms with E-state index in [9.17, 15) is 15.3 Å². The first-order valence-electron chi connectivity index (χ1n) is 13.0. The summed E-state index contributed by atoms with van der Waals surface area (Å²) in [6.07, 6.45) is 5.47. The highest BCUT2D eigenvalue weighted by atomic mass is 35.5. The number of hydrogen-bond donors (Lipinski definition) is 3. The highest BCUT2D eigenvalue weighted by Gasteiger charge is 2.47. The van der Waals surface area contributed by atoms with Crippen LogP contribution in [-0.2, 0) is 4.79 Å². The number of aromatic nitrogens is 4. The maximum Gasteiger partial charge on any atom is 0.247 e. The Balaban J connectivity index is 1.24. The second kappa shape index (κ2) is 9.56. The Bertz CT molecular complexity index is 1530. The molecule has 1 spiro atoms. The summed E-state index contributed by atoms with van der Waals surface area (Å²) in [4.78, 5) is 24.8. The Hall–Kier alpha value is -4.13. The molecule has 0 radical (unpaired) electrons. The predicted molar refractivity (Wildman–Crippen MR) is 146 cm³/mol. The molecule has 6 rings (SSSR count). The molecule has 0 bridgehead atoms. The first-order chi connectivity index (χ1) is 18.8. The lowest BCUT2D eigenvalue weighted by Crippen LogP contribution is -2.64.